The molecule has 15 atom stereocenters. The smallest absolute Gasteiger partial charge is 0.303 e. The Kier molecular flexibility index (Phi) is 28.0. The number of carbonyl (C=O) groups is 2. The molecule has 3 heterocycles. The monoisotopic (exact) mass is 1400 g/mol. The van der Waals surface area contributed by atoms with Crippen LogP contribution in [-0.2, 0) is 133 Å². The van der Waals surface area contributed by atoms with Crippen molar-refractivity contribution in [3.05, 3.63) is 317 Å². The zero-order valence-electron chi connectivity index (χ0n) is 57.3. The zero-order valence-corrected chi connectivity index (χ0v) is 58.1. The van der Waals surface area contributed by atoms with Crippen LogP contribution in [0.15, 0.2) is 278 Å². The van der Waals surface area contributed by atoms with Crippen LogP contribution in [0.3, 0.4) is 0 Å². The van der Waals surface area contributed by atoms with Crippen molar-refractivity contribution in [2.24, 2.45) is 0 Å². The second kappa shape index (κ2) is 38.9. The number of esters is 2. The van der Waals surface area contributed by atoms with Gasteiger partial charge in [0.25, 0.3) is 0 Å². The van der Waals surface area contributed by atoms with Crippen LogP contribution in [0.2, 0.25) is 0 Å². The van der Waals surface area contributed by atoms with Crippen LogP contribution in [0.5, 0.6) is 0 Å². The maximum Gasteiger partial charge on any atom is 0.303 e. The quantitative estimate of drug-likeness (QED) is 0.0343. The molecule has 3 aliphatic heterocycles. The Morgan fingerprint density at radius 1 is 0.284 bits per heavy atom. The Morgan fingerprint density at radius 2 is 0.559 bits per heavy atom. The molecule has 3 aliphatic rings. The predicted octanol–water partition coefficient (Wildman–Crippen LogP) is 14.2. The van der Waals surface area contributed by atoms with E-state index in [1.54, 1.807) is 0 Å². The molecule has 0 bridgehead atoms. The lowest BCUT2D eigenvalue weighted by Gasteiger charge is -2.50. The summed E-state index contributed by atoms with van der Waals surface area (Å²) in [5.41, 5.74) is 6.29. The first-order valence-corrected chi connectivity index (χ1v) is 35.6. The van der Waals surface area contributed by atoms with Gasteiger partial charge in [0.1, 0.15) is 66.5 Å². The minimum Gasteiger partial charge on any atom is -0.454 e. The molecule has 9 aromatic rings. The summed E-state index contributed by atoms with van der Waals surface area (Å²) in [5, 5.41) is 0. The van der Waals surface area contributed by atoms with Gasteiger partial charge in [0, 0.05) is 18.7 Å². The van der Waals surface area contributed by atoms with Gasteiger partial charge in [0.2, 0.25) is 0 Å². The molecule has 0 spiro atoms. The molecule has 0 radical (unpaired) electrons. The van der Waals surface area contributed by atoms with Gasteiger partial charge in [-0.3, -0.25) is 9.59 Å². The van der Waals surface area contributed by atoms with Crippen molar-refractivity contribution in [1.82, 2.24) is 0 Å². The van der Waals surface area contributed by atoms with E-state index in [1.807, 2.05) is 273 Å². The lowest BCUT2D eigenvalue weighted by Crippen LogP contribution is -2.66. The first-order chi connectivity index (χ1) is 50.2. The van der Waals surface area contributed by atoms with Crippen LogP contribution in [0.4, 0.5) is 0 Å². The molecule has 18 heteroatoms. The van der Waals surface area contributed by atoms with E-state index in [2.05, 4.69) is 0 Å². The number of carbonyl (C=O) groups excluding carboxylic acids is 2. The van der Waals surface area contributed by atoms with Gasteiger partial charge in [0.05, 0.1) is 72.7 Å². The van der Waals surface area contributed by atoms with Crippen molar-refractivity contribution in [3.63, 3.8) is 0 Å². The third kappa shape index (κ3) is 21.7. The minimum absolute atomic E-state index is 0.00217. The summed E-state index contributed by atoms with van der Waals surface area (Å²) < 4.78 is 105. The number of hydrogen-bond donors (Lipinski definition) is 0. The fourth-order valence-corrected chi connectivity index (χ4v) is 13.8. The molecule has 0 unspecified atom stereocenters. The highest BCUT2D eigenvalue weighted by Gasteiger charge is 2.57. The van der Waals surface area contributed by atoms with Crippen molar-refractivity contribution < 1.29 is 80.6 Å². The first-order valence-electron chi connectivity index (χ1n) is 34.7. The van der Waals surface area contributed by atoms with Crippen LogP contribution in [0.25, 0.3) is 0 Å². The summed E-state index contributed by atoms with van der Waals surface area (Å²) in [7, 11) is 0. The summed E-state index contributed by atoms with van der Waals surface area (Å²) in [6.45, 7) is 3.70. The predicted molar refractivity (Wildman–Crippen MR) is 383 cm³/mol. The van der Waals surface area contributed by atoms with Crippen LogP contribution in [-0.4, -0.2) is 123 Å². The highest BCUT2D eigenvalue weighted by atomic mass is 32.2. The number of ether oxygens (including phenoxy) is 15. The lowest BCUT2D eigenvalue weighted by molar-refractivity contribution is -0.358. The molecular weight excluding hydrogens is 1310 g/mol. The molecule has 0 amide bonds. The van der Waals surface area contributed by atoms with Gasteiger partial charge in [-0.05, 0) is 56.6 Å². The van der Waals surface area contributed by atoms with Gasteiger partial charge in [0.15, 0.2) is 24.8 Å². The van der Waals surface area contributed by atoms with Crippen molar-refractivity contribution in [3.8, 4) is 0 Å². The fraction of sp³-hybridized carbons (Fsp3) is 0.333. The molecule has 17 nitrogen and oxygen atoms in total. The standard InChI is InChI=1S/C84H88O17S/c1-59(85)96-79-76(92-53-66-40-22-8-23-41-66)73(89-50-63-34-16-5-17-35-63)70(56-87-48-61-30-12-3-13-31-61)98-82(79)95-58-72-75(91-52-65-38-20-7-21-39-65)78(81(94-55-68-44-26-10-27-45-68)84(100-72)102-69-46-28-11-29-47-69)101-83-80(97-60(2)86)77(93-54-67-42-24-9-25-43-67)74(90-51-64-36-18-6-19-37-64)71(99-83)57-88-49-62-32-14-4-15-33-62/h3-47,70-84H,48-58H2,1-2H3/t70-,71-,72-,73-,74-,75-,76+,77+,78+,79+,80+,81+,82+,83-,84-/m1/s1. The Labute approximate surface area is 601 Å². The average Bonchev–Trinajstić information content (AvgIpc) is 0.767. The van der Waals surface area contributed by atoms with Crippen LogP contribution in [0.1, 0.15) is 58.4 Å². The van der Waals surface area contributed by atoms with E-state index in [0.717, 1.165) is 49.4 Å². The van der Waals surface area contributed by atoms with Crippen LogP contribution in [0, 0.1) is 0 Å². The summed E-state index contributed by atoms with van der Waals surface area (Å²) in [4.78, 5) is 28.5. The third-order valence-corrected chi connectivity index (χ3v) is 18.7. The third-order valence-electron chi connectivity index (χ3n) is 17.6. The number of hydrogen-bond acceptors (Lipinski definition) is 18. The molecular formula is C84H88O17S. The second-order valence-corrected chi connectivity index (χ2v) is 26.4. The lowest BCUT2D eigenvalue weighted by atomic mass is 9.96. The molecule has 12 rings (SSSR count). The molecule has 3 saturated heterocycles. The van der Waals surface area contributed by atoms with Crippen molar-refractivity contribution in [1.29, 1.82) is 0 Å². The summed E-state index contributed by atoms with van der Waals surface area (Å²) in [5.74, 6) is -1.22. The number of benzene rings is 9. The van der Waals surface area contributed by atoms with Gasteiger partial charge >= 0.3 is 11.9 Å². The van der Waals surface area contributed by atoms with E-state index in [1.165, 1.54) is 25.6 Å². The van der Waals surface area contributed by atoms with Gasteiger partial charge < -0.3 is 71.1 Å². The van der Waals surface area contributed by atoms with E-state index in [-0.39, 0.29) is 72.7 Å². The number of rotatable bonds is 35. The molecule has 102 heavy (non-hydrogen) atoms. The zero-order chi connectivity index (χ0) is 69.9. The maximum atomic E-state index is 13.9. The van der Waals surface area contributed by atoms with Gasteiger partial charge in [-0.1, -0.05) is 273 Å². The Balaban J connectivity index is 0.951. The Hall–Kier alpha value is -8.25. The molecule has 0 aromatic heterocycles. The minimum atomic E-state index is -1.42. The highest BCUT2D eigenvalue weighted by molar-refractivity contribution is 7.99. The summed E-state index contributed by atoms with van der Waals surface area (Å²) in [6.07, 6.45) is -15.1. The van der Waals surface area contributed by atoms with Crippen molar-refractivity contribution >= 4 is 23.7 Å². The van der Waals surface area contributed by atoms with E-state index in [9.17, 15) is 9.59 Å². The van der Waals surface area contributed by atoms with Gasteiger partial charge in [-0.15, -0.1) is 0 Å². The maximum absolute atomic E-state index is 13.9. The summed E-state index contributed by atoms with van der Waals surface area (Å²) >= 11 is 1.43. The van der Waals surface area contributed by atoms with E-state index in [0.29, 0.717) is 0 Å². The van der Waals surface area contributed by atoms with Gasteiger partial charge in [-0.25, -0.2) is 0 Å². The summed E-state index contributed by atoms with van der Waals surface area (Å²) in [6, 6.07) is 88.3. The fourth-order valence-electron chi connectivity index (χ4n) is 12.6. The Morgan fingerprint density at radius 3 is 0.902 bits per heavy atom. The van der Waals surface area contributed by atoms with Crippen molar-refractivity contribution in [2.45, 2.75) is 163 Å². The topological polar surface area (TPSA) is 173 Å². The largest absolute Gasteiger partial charge is 0.454 e. The Bertz CT molecular complexity index is 3840. The molecule has 9 aromatic carbocycles. The molecule has 3 fully saturated rings. The molecule has 532 valence electrons. The van der Waals surface area contributed by atoms with E-state index < -0.39 is 103 Å². The average molecular weight is 1400 g/mol. The molecule has 0 saturated carbocycles. The van der Waals surface area contributed by atoms with Crippen LogP contribution >= 0.6 is 11.8 Å². The van der Waals surface area contributed by atoms with E-state index in [4.69, 9.17) is 71.1 Å². The normalized spacial score (nSPS) is 24.9. The van der Waals surface area contributed by atoms with Crippen molar-refractivity contribution in [2.75, 3.05) is 19.8 Å². The molecule has 0 N–H and O–H groups in total. The number of thioether (sulfide) groups is 1. The highest BCUT2D eigenvalue weighted by Crippen LogP contribution is 2.42. The van der Waals surface area contributed by atoms with Gasteiger partial charge in [-0.2, -0.15) is 0 Å². The van der Waals surface area contributed by atoms with E-state index >= 15 is 0 Å². The first kappa shape index (κ1) is 73.5. The second-order valence-electron chi connectivity index (χ2n) is 25.2. The van der Waals surface area contributed by atoms with Crippen LogP contribution < -0.4 is 0 Å². The SMILES string of the molecule is CC(=O)O[C@@H]1[C@@H](OC[C@H]2O[C@H](Sc3ccccc3)[C@@H](OCc3ccccc3)[C@@H](O[C@H]3O[C@H](COCc4ccccc4)[C@@H](OCc4ccccc4)[C@H](OCc4ccccc4)[C@@H]3OC(C)=O)[C@@H]2OCc2ccccc2)O[C@H](COCc2ccccc2)[C@@H](OCc2ccccc2)[C@@H]1OCc1ccccc1. The molecule has 0 aliphatic carbocycles.